The van der Waals surface area contributed by atoms with Crippen molar-refractivity contribution in [1.82, 2.24) is 0 Å². The van der Waals surface area contributed by atoms with Crippen LogP contribution in [0.15, 0.2) is 37.0 Å². The average Bonchev–Trinajstić information content (AvgIpc) is 2.34. The number of nitrogens with two attached hydrogens (primary N) is 2. The fraction of sp³-hybridized carbons (Fsp3) is 0.647. The summed E-state index contributed by atoms with van der Waals surface area (Å²) in [6, 6.07) is 0.578. The Bertz CT molecular complexity index is 292. The lowest BCUT2D eigenvalue weighted by atomic mass is 9.81. The second-order valence-corrected chi connectivity index (χ2v) is 5.77. The first-order chi connectivity index (χ1) is 9.15. The van der Waals surface area contributed by atoms with Crippen LogP contribution >= 0.6 is 0 Å². The van der Waals surface area contributed by atoms with Gasteiger partial charge in [0.15, 0.2) is 0 Å². The van der Waals surface area contributed by atoms with Gasteiger partial charge in [-0.3, -0.25) is 0 Å². The van der Waals surface area contributed by atoms with Crippen molar-refractivity contribution < 1.29 is 0 Å². The fourth-order valence-corrected chi connectivity index (χ4v) is 2.95. The van der Waals surface area contributed by atoms with Gasteiger partial charge < -0.3 is 11.5 Å². The van der Waals surface area contributed by atoms with E-state index in [2.05, 4.69) is 37.8 Å². The molecule has 2 atom stereocenters. The predicted molar refractivity (Wildman–Crippen MR) is 84.8 cm³/mol. The predicted octanol–water partition coefficient (Wildman–Crippen LogP) is 3.55. The molecule has 1 saturated carbocycles. The molecule has 1 rings (SSSR count). The first-order valence-electron chi connectivity index (χ1n) is 7.61. The van der Waals surface area contributed by atoms with Gasteiger partial charge in [0.05, 0.1) is 0 Å². The van der Waals surface area contributed by atoms with E-state index < -0.39 is 0 Å². The third-order valence-electron chi connectivity index (χ3n) is 3.78. The van der Waals surface area contributed by atoms with Crippen molar-refractivity contribution in [2.75, 3.05) is 0 Å². The highest BCUT2D eigenvalue weighted by molar-refractivity contribution is 4.99. The van der Waals surface area contributed by atoms with E-state index in [1.54, 1.807) is 0 Å². The van der Waals surface area contributed by atoms with Crippen LogP contribution in [0.3, 0.4) is 0 Å². The number of allylic oxidation sites excluding steroid dienone is 5. The monoisotopic (exact) mass is 262 g/mol. The van der Waals surface area contributed by atoms with Gasteiger partial charge in [0.25, 0.3) is 0 Å². The van der Waals surface area contributed by atoms with E-state index in [9.17, 15) is 0 Å². The van der Waals surface area contributed by atoms with Crippen LogP contribution in [-0.4, -0.2) is 12.1 Å². The Morgan fingerprint density at radius 1 is 0.947 bits per heavy atom. The summed E-state index contributed by atoms with van der Waals surface area (Å²) in [4.78, 5) is 0. The van der Waals surface area contributed by atoms with Gasteiger partial charge in [-0.2, -0.15) is 0 Å². The maximum absolute atomic E-state index is 6.28. The van der Waals surface area contributed by atoms with Crippen molar-refractivity contribution in [2.45, 2.75) is 57.5 Å². The van der Waals surface area contributed by atoms with Gasteiger partial charge in [-0.1, -0.05) is 37.3 Å². The van der Waals surface area contributed by atoms with Gasteiger partial charge in [0, 0.05) is 12.1 Å². The summed E-state index contributed by atoms with van der Waals surface area (Å²) in [5.41, 5.74) is 12.6. The molecule has 0 aliphatic heterocycles. The normalized spacial score (nSPS) is 33.4. The fourth-order valence-electron chi connectivity index (χ4n) is 2.95. The second kappa shape index (κ2) is 9.11. The quantitative estimate of drug-likeness (QED) is 0.744. The van der Waals surface area contributed by atoms with Gasteiger partial charge in [-0.15, -0.1) is 6.58 Å². The van der Waals surface area contributed by atoms with Crippen LogP contribution in [0.25, 0.3) is 0 Å². The SMILES string of the molecule is C=CC/C=C/C1CC(N)CC(/C=C/CC)CC(N)C1. The van der Waals surface area contributed by atoms with Crippen LogP contribution in [0.4, 0.5) is 0 Å². The molecular formula is C17H30N2. The summed E-state index contributed by atoms with van der Waals surface area (Å²) in [5.74, 6) is 1.09. The molecule has 0 aromatic rings. The lowest BCUT2D eigenvalue weighted by Gasteiger charge is -2.29. The van der Waals surface area contributed by atoms with Crippen LogP contribution in [0, 0.1) is 11.8 Å². The molecule has 1 fully saturated rings. The Kier molecular flexibility index (Phi) is 7.76. The minimum atomic E-state index is 0.289. The van der Waals surface area contributed by atoms with Crippen molar-refractivity contribution in [1.29, 1.82) is 0 Å². The lowest BCUT2D eigenvalue weighted by Crippen LogP contribution is -2.35. The molecule has 1 aliphatic carbocycles. The third kappa shape index (κ3) is 6.74. The van der Waals surface area contributed by atoms with Crippen molar-refractivity contribution in [2.24, 2.45) is 23.3 Å². The minimum absolute atomic E-state index is 0.289. The molecule has 0 radical (unpaired) electrons. The van der Waals surface area contributed by atoms with Crippen LogP contribution < -0.4 is 11.5 Å². The third-order valence-corrected chi connectivity index (χ3v) is 3.78. The largest absolute Gasteiger partial charge is 0.328 e. The van der Waals surface area contributed by atoms with E-state index >= 15 is 0 Å². The zero-order valence-corrected chi connectivity index (χ0v) is 12.3. The Hall–Kier alpha value is -0.860. The Morgan fingerprint density at radius 2 is 1.42 bits per heavy atom. The van der Waals surface area contributed by atoms with E-state index in [4.69, 9.17) is 11.5 Å². The maximum atomic E-state index is 6.28. The first kappa shape index (κ1) is 16.2. The van der Waals surface area contributed by atoms with Crippen molar-refractivity contribution >= 4 is 0 Å². The summed E-state index contributed by atoms with van der Waals surface area (Å²) in [7, 11) is 0. The molecule has 108 valence electrons. The van der Waals surface area contributed by atoms with Crippen LogP contribution in [0.5, 0.6) is 0 Å². The highest BCUT2D eigenvalue weighted by Gasteiger charge is 2.23. The zero-order valence-electron chi connectivity index (χ0n) is 12.3. The van der Waals surface area contributed by atoms with Crippen LogP contribution in [0.2, 0.25) is 0 Å². The molecule has 19 heavy (non-hydrogen) atoms. The number of rotatable bonds is 5. The van der Waals surface area contributed by atoms with Crippen molar-refractivity contribution in [3.63, 3.8) is 0 Å². The molecule has 0 bridgehead atoms. The molecule has 1 aliphatic rings. The first-order valence-corrected chi connectivity index (χ1v) is 7.61. The molecule has 2 nitrogen and oxygen atoms in total. The highest BCUT2D eigenvalue weighted by atomic mass is 14.7. The zero-order chi connectivity index (χ0) is 14.1. The molecule has 0 saturated heterocycles. The average molecular weight is 262 g/mol. The summed E-state index contributed by atoms with van der Waals surface area (Å²) < 4.78 is 0. The summed E-state index contributed by atoms with van der Waals surface area (Å²) in [6.45, 7) is 5.90. The topological polar surface area (TPSA) is 52.0 Å². The highest BCUT2D eigenvalue weighted by Crippen LogP contribution is 2.27. The lowest BCUT2D eigenvalue weighted by molar-refractivity contribution is 0.323. The minimum Gasteiger partial charge on any atom is -0.328 e. The molecule has 2 unspecified atom stereocenters. The molecule has 0 spiro atoms. The van der Waals surface area contributed by atoms with Crippen molar-refractivity contribution in [3.8, 4) is 0 Å². The smallest absolute Gasteiger partial charge is 0.00500 e. The number of hydrogen-bond acceptors (Lipinski definition) is 2. The van der Waals surface area contributed by atoms with E-state index in [-0.39, 0.29) is 12.1 Å². The van der Waals surface area contributed by atoms with Gasteiger partial charge in [-0.25, -0.2) is 0 Å². The maximum Gasteiger partial charge on any atom is 0.00500 e. The summed E-state index contributed by atoms with van der Waals surface area (Å²) >= 11 is 0. The summed E-state index contributed by atoms with van der Waals surface area (Å²) in [5, 5.41) is 0. The van der Waals surface area contributed by atoms with Gasteiger partial charge in [0.2, 0.25) is 0 Å². The Labute approximate surface area is 118 Å². The van der Waals surface area contributed by atoms with Gasteiger partial charge in [0.1, 0.15) is 0 Å². The van der Waals surface area contributed by atoms with Gasteiger partial charge >= 0.3 is 0 Å². The van der Waals surface area contributed by atoms with E-state index in [1.165, 1.54) is 0 Å². The summed E-state index contributed by atoms with van der Waals surface area (Å²) in [6.07, 6.45) is 17.2. The van der Waals surface area contributed by atoms with E-state index in [0.29, 0.717) is 11.8 Å². The van der Waals surface area contributed by atoms with Crippen molar-refractivity contribution in [3.05, 3.63) is 37.0 Å². The van der Waals surface area contributed by atoms with E-state index in [0.717, 1.165) is 38.5 Å². The van der Waals surface area contributed by atoms with E-state index in [1.807, 2.05) is 6.08 Å². The molecule has 4 N–H and O–H groups in total. The molecule has 0 aromatic carbocycles. The molecule has 0 aromatic heterocycles. The Balaban J connectivity index is 2.58. The molecule has 0 heterocycles. The molecule has 2 heteroatoms. The van der Waals surface area contributed by atoms with Crippen LogP contribution in [-0.2, 0) is 0 Å². The van der Waals surface area contributed by atoms with Crippen LogP contribution in [0.1, 0.15) is 45.4 Å². The standard InChI is InChI=1S/C17H30N2/c1-3-5-7-9-15-12-16(18)10-14(8-6-4-2)11-17(19)13-15/h3,6-9,14-17H,1,4-5,10-13,18-19H2,2H3/b8-6+,9-7+. The second-order valence-electron chi connectivity index (χ2n) is 5.77. The van der Waals surface area contributed by atoms with Gasteiger partial charge in [-0.05, 0) is 50.4 Å². The molecular weight excluding hydrogens is 232 g/mol. The Morgan fingerprint density at radius 3 is 1.84 bits per heavy atom. The number of hydrogen-bond donors (Lipinski definition) is 2. The molecule has 0 amide bonds.